The van der Waals surface area contributed by atoms with Gasteiger partial charge in [-0.05, 0) is 55.5 Å². The molecule has 3 aliphatic rings. The molecule has 2 aromatic heterocycles. The monoisotopic (exact) mass is 424 g/mol. The average Bonchev–Trinajstić information content (AvgIpc) is 3.54. The Kier molecular flexibility index (Phi) is 4.30. The van der Waals surface area contributed by atoms with Gasteiger partial charge in [0, 0.05) is 18.0 Å². The van der Waals surface area contributed by atoms with Gasteiger partial charge in [0.2, 0.25) is 0 Å². The van der Waals surface area contributed by atoms with Crippen molar-refractivity contribution in [2.75, 3.05) is 19.9 Å². The van der Waals surface area contributed by atoms with E-state index in [1.807, 2.05) is 36.1 Å². The van der Waals surface area contributed by atoms with Crippen molar-refractivity contribution >= 4 is 10.9 Å². The second kappa shape index (κ2) is 6.97. The van der Waals surface area contributed by atoms with Gasteiger partial charge in [0.25, 0.3) is 0 Å². The Labute approximate surface area is 179 Å². The number of nitrogens with zero attached hydrogens (tertiary/aromatic N) is 4. The molecule has 1 saturated heterocycles. The van der Waals surface area contributed by atoms with E-state index in [1.54, 1.807) is 0 Å². The minimum absolute atomic E-state index is 0.270. The van der Waals surface area contributed by atoms with Crippen LogP contribution in [0.15, 0.2) is 30.6 Å². The average molecular weight is 424 g/mol. The van der Waals surface area contributed by atoms with Crippen LogP contribution in [0, 0.1) is 0 Å². The Morgan fingerprint density at radius 3 is 3.06 bits per heavy atom. The molecule has 4 heterocycles. The summed E-state index contributed by atoms with van der Waals surface area (Å²) in [6.07, 6.45) is 6.69. The highest BCUT2D eigenvalue weighted by Crippen LogP contribution is 2.51. The van der Waals surface area contributed by atoms with E-state index in [9.17, 15) is 4.39 Å². The summed E-state index contributed by atoms with van der Waals surface area (Å²) in [4.78, 5) is 4.55. The fourth-order valence-electron chi connectivity index (χ4n) is 5.26. The van der Waals surface area contributed by atoms with Gasteiger partial charge in [-0.25, -0.2) is 9.07 Å². The summed E-state index contributed by atoms with van der Waals surface area (Å²) in [5.41, 5.74) is 3.24. The van der Waals surface area contributed by atoms with Crippen LogP contribution in [0.5, 0.6) is 5.75 Å². The number of aromatic nitrogens is 4. The van der Waals surface area contributed by atoms with E-state index in [1.165, 1.54) is 5.56 Å². The molecular formula is C23H25FN4O3. The fourth-order valence-corrected chi connectivity index (χ4v) is 5.26. The molecule has 162 valence electrons. The first-order valence-electron chi connectivity index (χ1n) is 10.9. The molecule has 2 aliphatic heterocycles. The highest BCUT2D eigenvalue weighted by molar-refractivity contribution is 5.84. The van der Waals surface area contributed by atoms with Crippen LogP contribution in [-0.2, 0) is 28.0 Å². The number of fused-ring (bicyclic) bond motifs is 5. The van der Waals surface area contributed by atoms with Crippen molar-refractivity contribution in [2.24, 2.45) is 0 Å². The van der Waals surface area contributed by atoms with E-state index in [0.717, 1.165) is 53.8 Å². The van der Waals surface area contributed by atoms with Crippen molar-refractivity contribution in [3.8, 4) is 5.75 Å². The van der Waals surface area contributed by atoms with Crippen LogP contribution >= 0.6 is 0 Å². The van der Waals surface area contributed by atoms with E-state index >= 15 is 0 Å². The minimum atomic E-state index is -0.627. The standard InChI is InChI=1S/C23H25FN4O3/c1-15(21-10-28(27-26-21)22-5-6-23(12-22,13-24)30-14-22)31-17-2-3-20-19(8-17)18-4-7-29-11-16(18)9-25-20/h2-3,8-10,15H,4-7,11-14H2,1H3/t15-,22?,23?/m1/s1. The molecule has 0 radical (unpaired) electrons. The van der Waals surface area contributed by atoms with E-state index < -0.39 is 12.3 Å². The lowest BCUT2D eigenvalue weighted by atomic mass is 9.99. The predicted octanol–water partition coefficient (Wildman–Crippen LogP) is 3.66. The third-order valence-corrected chi connectivity index (χ3v) is 7.11. The molecule has 8 heteroatoms. The van der Waals surface area contributed by atoms with Gasteiger partial charge < -0.3 is 14.2 Å². The third kappa shape index (κ3) is 3.03. The number of hydrogen-bond donors (Lipinski definition) is 0. The molecule has 6 rings (SSSR count). The second-order valence-corrected chi connectivity index (χ2v) is 9.10. The van der Waals surface area contributed by atoms with Crippen molar-refractivity contribution in [1.82, 2.24) is 20.0 Å². The van der Waals surface area contributed by atoms with Crippen LogP contribution < -0.4 is 4.74 Å². The number of ether oxygens (including phenoxy) is 3. The summed E-state index contributed by atoms with van der Waals surface area (Å²) in [6.45, 7) is 3.35. The molecule has 0 N–H and O–H groups in total. The quantitative estimate of drug-likeness (QED) is 0.623. The zero-order valence-corrected chi connectivity index (χ0v) is 17.5. The first-order chi connectivity index (χ1) is 15.1. The minimum Gasteiger partial charge on any atom is -0.484 e. The van der Waals surface area contributed by atoms with E-state index in [2.05, 4.69) is 21.4 Å². The maximum absolute atomic E-state index is 13.5. The van der Waals surface area contributed by atoms with Crippen molar-refractivity contribution < 1.29 is 18.6 Å². The first kappa shape index (κ1) is 19.1. The Morgan fingerprint density at radius 1 is 1.32 bits per heavy atom. The Morgan fingerprint density at radius 2 is 2.26 bits per heavy atom. The molecular weight excluding hydrogens is 399 g/mol. The highest BCUT2D eigenvalue weighted by Gasteiger charge is 2.57. The van der Waals surface area contributed by atoms with Gasteiger partial charge in [-0.1, -0.05) is 5.21 Å². The van der Waals surface area contributed by atoms with Crippen LogP contribution in [-0.4, -0.2) is 45.5 Å². The molecule has 0 amide bonds. The van der Waals surface area contributed by atoms with Crippen molar-refractivity contribution in [3.05, 3.63) is 47.4 Å². The molecule has 31 heavy (non-hydrogen) atoms. The number of hydrogen-bond acceptors (Lipinski definition) is 6. The Bertz CT molecular complexity index is 1140. The molecule has 0 spiro atoms. The maximum Gasteiger partial charge on any atom is 0.141 e. The Hall–Kier alpha value is -2.58. The predicted molar refractivity (Wildman–Crippen MR) is 111 cm³/mol. The summed E-state index contributed by atoms with van der Waals surface area (Å²) >= 11 is 0. The summed E-state index contributed by atoms with van der Waals surface area (Å²) in [5, 5.41) is 9.84. The summed E-state index contributed by atoms with van der Waals surface area (Å²) in [5.74, 6) is 0.774. The van der Waals surface area contributed by atoms with Crippen molar-refractivity contribution in [2.45, 2.75) is 56.5 Å². The number of alkyl halides is 1. The van der Waals surface area contributed by atoms with Gasteiger partial charge in [-0.3, -0.25) is 4.98 Å². The normalized spacial score (nSPS) is 28.1. The second-order valence-electron chi connectivity index (χ2n) is 9.10. The topological polar surface area (TPSA) is 71.3 Å². The van der Waals surface area contributed by atoms with E-state index in [0.29, 0.717) is 19.6 Å². The lowest BCUT2D eigenvalue weighted by molar-refractivity contribution is -0.0418. The summed E-state index contributed by atoms with van der Waals surface area (Å²) in [7, 11) is 0. The fraction of sp³-hybridized carbons (Fsp3) is 0.522. The molecule has 2 bridgehead atoms. The zero-order valence-electron chi connectivity index (χ0n) is 17.5. The molecule has 7 nitrogen and oxygen atoms in total. The molecule has 2 unspecified atom stereocenters. The number of rotatable bonds is 5. The van der Waals surface area contributed by atoms with E-state index in [-0.39, 0.29) is 11.6 Å². The van der Waals surface area contributed by atoms with Crippen LogP contribution in [0.25, 0.3) is 10.9 Å². The largest absolute Gasteiger partial charge is 0.484 e. The SMILES string of the molecule is C[C@@H](Oc1ccc2ncc3c(c2c1)CCOC3)c1cn(C23CCC(CF)(C2)OC3)nn1. The molecule has 3 atom stereocenters. The van der Waals surface area contributed by atoms with Gasteiger partial charge >= 0.3 is 0 Å². The molecule has 1 aromatic carbocycles. The number of halogens is 1. The smallest absolute Gasteiger partial charge is 0.141 e. The van der Waals surface area contributed by atoms with Crippen molar-refractivity contribution in [3.63, 3.8) is 0 Å². The van der Waals surface area contributed by atoms with Crippen LogP contribution in [0.1, 0.15) is 49.1 Å². The maximum atomic E-state index is 13.5. The van der Waals surface area contributed by atoms with Gasteiger partial charge in [-0.15, -0.1) is 5.10 Å². The van der Waals surface area contributed by atoms with E-state index in [4.69, 9.17) is 14.2 Å². The lowest BCUT2D eigenvalue weighted by Crippen LogP contribution is -2.34. The third-order valence-electron chi connectivity index (χ3n) is 7.11. The van der Waals surface area contributed by atoms with Gasteiger partial charge in [0.15, 0.2) is 0 Å². The van der Waals surface area contributed by atoms with Crippen molar-refractivity contribution in [1.29, 1.82) is 0 Å². The summed E-state index contributed by atoms with van der Waals surface area (Å²) < 4.78 is 32.9. The van der Waals surface area contributed by atoms with Gasteiger partial charge in [-0.2, -0.15) is 0 Å². The Balaban J connectivity index is 1.24. The van der Waals surface area contributed by atoms with Crippen LogP contribution in [0.3, 0.4) is 0 Å². The molecule has 3 aromatic rings. The molecule has 2 fully saturated rings. The van der Waals surface area contributed by atoms with Crippen LogP contribution in [0.4, 0.5) is 4.39 Å². The number of pyridine rings is 1. The molecule has 1 aliphatic carbocycles. The first-order valence-corrected chi connectivity index (χ1v) is 10.9. The zero-order chi connectivity index (χ0) is 21.1. The lowest BCUT2D eigenvalue weighted by Gasteiger charge is -2.26. The highest BCUT2D eigenvalue weighted by atomic mass is 19.1. The molecule has 1 saturated carbocycles. The number of benzene rings is 1. The van der Waals surface area contributed by atoms with Gasteiger partial charge in [0.1, 0.15) is 24.2 Å². The summed E-state index contributed by atoms with van der Waals surface area (Å²) in [6, 6.07) is 6.00. The van der Waals surface area contributed by atoms with Crippen LogP contribution in [0.2, 0.25) is 0 Å². The van der Waals surface area contributed by atoms with Gasteiger partial charge in [0.05, 0.1) is 42.7 Å².